The Morgan fingerprint density at radius 1 is 1.08 bits per heavy atom. The number of anilines is 1. The van der Waals surface area contributed by atoms with Crippen LogP contribution in [0, 0.1) is 10.1 Å². The van der Waals surface area contributed by atoms with Gasteiger partial charge in [0.05, 0.1) is 25.4 Å². The maximum Gasteiger partial charge on any atom is 0.271 e. The van der Waals surface area contributed by atoms with E-state index in [4.69, 9.17) is 9.47 Å². The molecule has 0 aliphatic rings. The number of ether oxygens (including phenoxy) is 2. The summed E-state index contributed by atoms with van der Waals surface area (Å²) < 4.78 is 37.0. The van der Waals surface area contributed by atoms with Crippen molar-refractivity contribution in [2.75, 3.05) is 31.3 Å². The molecule has 0 saturated carbocycles. The lowest BCUT2D eigenvalue weighted by molar-refractivity contribution is -0.384. The molecule has 0 heterocycles. The van der Waals surface area contributed by atoms with Gasteiger partial charge in [0.2, 0.25) is 21.8 Å². The molecule has 13 heteroatoms. The summed E-state index contributed by atoms with van der Waals surface area (Å²) in [6.45, 7) is 4.80. The first-order chi connectivity index (χ1) is 18.4. The lowest BCUT2D eigenvalue weighted by Crippen LogP contribution is -2.53. The second-order valence-corrected chi connectivity index (χ2v) is 10.9. The maximum absolute atomic E-state index is 13.8. The molecule has 0 bridgehead atoms. The number of hydrogen-bond acceptors (Lipinski definition) is 8. The Balaban J connectivity index is 2.58. The van der Waals surface area contributed by atoms with E-state index in [1.807, 2.05) is 13.8 Å². The number of hydrogen-bond donors (Lipinski definition) is 1. The SMILES string of the molecule is CC[C@H](C(=O)N[C@@H](C)CC)N(Cc1cccc(OC)c1)C(=O)CN(c1cc([N+](=O)[O-])ccc1OC)S(C)(=O)=O. The number of non-ortho nitro benzene ring substituents is 1. The summed E-state index contributed by atoms with van der Waals surface area (Å²) in [5.41, 5.74) is 0.122. The van der Waals surface area contributed by atoms with Crippen LogP contribution < -0.4 is 19.1 Å². The van der Waals surface area contributed by atoms with Crippen LogP contribution in [0.5, 0.6) is 11.5 Å². The molecular weight excluding hydrogens is 528 g/mol. The van der Waals surface area contributed by atoms with Crippen molar-refractivity contribution in [1.82, 2.24) is 10.2 Å². The van der Waals surface area contributed by atoms with Crippen LogP contribution in [0.4, 0.5) is 11.4 Å². The Bertz CT molecular complexity index is 1280. The highest BCUT2D eigenvalue weighted by atomic mass is 32.2. The Morgan fingerprint density at radius 2 is 1.77 bits per heavy atom. The summed E-state index contributed by atoms with van der Waals surface area (Å²) in [6.07, 6.45) is 1.83. The molecule has 1 N–H and O–H groups in total. The zero-order chi connectivity index (χ0) is 29.3. The van der Waals surface area contributed by atoms with Crippen molar-refractivity contribution in [2.24, 2.45) is 0 Å². The molecule has 2 rings (SSSR count). The van der Waals surface area contributed by atoms with Crippen molar-refractivity contribution >= 4 is 33.2 Å². The lowest BCUT2D eigenvalue weighted by Gasteiger charge is -2.33. The van der Waals surface area contributed by atoms with Gasteiger partial charge in [0.15, 0.2) is 0 Å². The minimum absolute atomic E-state index is 0.00780. The monoisotopic (exact) mass is 564 g/mol. The van der Waals surface area contributed by atoms with Gasteiger partial charge in [0.25, 0.3) is 5.69 Å². The number of nitrogens with one attached hydrogen (secondary N) is 1. The minimum Gasteiger partial charge on any atom is -0.497 e. The van der Waals surface area contributed by atoms with E-state index in [2.05, 4.69) is 5.32 Å². The van der Waals surface area contributed by atoms with Crippen molar-refractivity contribution in [3.8, 4) is 11.5 Å². The first kappa shape index (κ1) is 31.3. The molecule has 0 fully saturated rings. The van der Waals surface area contributed by atoms with E-state index in [0.717, 1.165) is 16.6 Å². The predicted molar refractivity (Wildman–Crippen MR) is 147 cm³/mol. The number of rotatable bonds is 14. The Morgan fingerprint density at radius 3 is 2.31 bits per heavy atom. The Kier molecular flexibility index (Phi) is 11.1. The van der Waals surface area contributed by atoms with Crippen LogP contribution >= 0.6 is 0 Å². The number of methoxy groups -OCH3 is 2. The number of nitro benzene ring substituents is 1. The second kappa shape index (κ2) is 13.8. The average molecular weight is 565 g/mol. The Hall–Kier alpha value is -3.87. The largest absolute Gasteiger partial charge is 0.497 e. The quantitative estimate of drug-likeness (QED) is 0.272. The summed E-state index contributed by atoms with van der Waals surface area (Å²) in [5, 5.41) is 14.3. The zero-order valence-corrected chi connectivity index (χ0v) is 23.9. The van der Waals surface area contributed by atoms with Gasteiger partial charge in [-0.1, -0.05) is 26.0 Å². The molecule has 0 unspecified atom stereocenters. The molecule has 0 saturated heterocycles. The van der Waals surface area contributed by atoms with E-state index in [1.54, 1.807) is 31.2 Å². The second-order valence-electron chi connectivity index (χ2n) is 9.00. The van der Waals surface area contributed by atoms with E-state index in [0.29, 0.717) is 17.7 Å². The van der Waals surface area contributed by atoms with Crippen molar-refractivity contribution in [3.63, 3.8) is 0 Å². The topological polar surface area (TPSA) is 148 Å². The van der Waals surface area contributed by atoms with Gasteiger partial charge in [0, 0.05) is 24.7 Å². The first-order valence-electron chi connectivity index (χ1n) is 12.4. The van der Waals surface area contributed by atoms with Gasteiger partial charge in [-0.2, -0.15) is 0 Å². The molecule has 0 spiro atoms. The van der Waals surface area contributed by atoms with E-state index in [-0.39, 0.29) is 42.0 Å². The van der Waals surface area contributed by atoms with Crippen LogP contribution in [0.15, 0.2) is 42.5 Å². The van der Waals surface area contributed by atoms with Crippen molar-refractivity contribution in [2.45, 2.75) is 52.2 Å². The molecule has 0 radical (unpaired) electrons. The van der Waals surface area contributed by atoms with Crippen LogP contribution in [0.25, 0.3) is 0 Å². The fraction of sp³-hybridized carbons (Fsp3) is 0.462. The summed E-state index contributed by atoms with van der Waals surface area (Å²) in [4.78, 5) is 39.1. The molecule has 214 valence electrons. The van der Waals surface area contributed by atoms with Gasteiger partial charge >= 0.3 is 0 Å². The molecule has 12 nitrogen and oxygen atoms in total. The fourth-order valence-electron chi connectivity index (χ4n) is 3.91. The van der Waals surface area contributed by atoms with E-state index in [1.165, 1.54) is 31.3 Å². The normalized spacial score (nSPS) is 12.7. The van der Waals surface area contributed by atoms with E-state index in [9.17, 15) is 28.1 Å². The third kappa shape index (κ3) is 8.31. The highest BCUT2D eigenvalue weighted by molar-refractivity contribution is 7.92. The molecule has 2 aromatic carbocycles. The molecule has 39 heavy (non-hydrogen) atoms. The van der Waals surface area contributed by atoms with Gasteiger partial charge < -0.3 is 19.7 Å². The van der Waals surface area contributed by atoms with Crippen LogP contribution in [-0.2, 0) is 26.2 Å². The van der Waals surface area contributed by atoms with Gasteiger partial charge in [-0.3, -0.25) is 24.0 Å². The Labute approximate surface area is 229 Å². The van der Waals surface area contributed by atoms with Gasteiger partial charge in [-0.25, -0.2) is 8.42 Å². The van der Waals surface area contributed by atoms with Gasteiger partial charge in [0.1, 0.15) is 29.8 Å². The number of benzene rings is 2. The lowest BCUT2D eigenvalue weighted by atomic mass is 10.1. The smallest absolute Gasteiger partial charge is 0.271 e. The maximum atomic E-state index is 13.8. The average Bonchev–Trinajstić information content (AvgIpc) is 2.90. The number of carbonyl (C=O) groups is 2. The molecule has 2 aromatic rings. The number of nitro groups is 1. The molecule has 0 aliphatic carbocycles. The van der Waals surface area contributed by atoms with Gasteiger partial charge in [-0.05, 0) is 43.5 Å². The fourth-order valence-corrected chi connectivity index (χ4v) is 4.75. The number of amides is 2. The van der Waals surface area contributed by atoms with E-state index < -0.39 is 33.4 Å². The zero-order valence-electron chi connectivity index (χ0n) is 23.0. The van der Waals surface area contributed by atoms with Crippen LogP contribution in [0.3, 0.4) is 0 Å². The third-order valence-corrected chi connectivity index (χ3v) is 7.32. The summed E-state index contributed by atoms with van der Waals surface area (Å²) in [6, 6.07) is 9.39. The molecule has 0 aliphatic heterocycles. The van der Waals surface area contributed by atoms with Crippen LogP contribution in [0.1, 0.15) is 39.2 Å². The number of carbonyl (C=O) groups excluding carboxylic acids is 2. The molecule has 2 atom stereocenters. The van der Waals surface area contributed by atoms with Crippen LogP contribution in [-0.4, -0.2) is 69.2 Å². The first-order valence-corrected chi connectivity index (χ1v) is 14.2. The van der Waals surface area contributed by atoms with Gasteiger partial charge in [-0.15, -0.1) is 0 Å². The van der Waals surface area contributed by atoms with Crippen molar-refractivity contribution < 1.29 is 32.4 Å². The highest BCUT2D eigenvalue weighted by Crippen LogP contribution is 2.34. The summed E-state index contributed by atoms with van der Waals surface area (Å²) in [7, 11) is -1.33. The molecule has 2 amide bonds. The van der Waals surface area contributed by atoms with Crippen molar-refractivity contribution in [1.29, 1.82) is 0 Å². The molecular formula is C26H36N4O8S. The molecule has 0 aromatic heterocycles. The van der Waals surface area contributed by atoms with E-state index >= 15 is 0 Å². The number of nitrogens with zero attached hydrogens (tertiary/aromatic N) is 3. The third-order valence-electron chi connectivity index (χ3n) is 6.20. The number of sulfonamides is 1. The van der Waals surface area contributed by atoms with Crippen LogP contribution in [0.2, 0.25) is 0 Å². The predicted octanol–water partition coefficient (Wildman–Crippen LogP) is 3.10. The van der Waals surface area contributed by atoms with Crippen molar-refractivity contribution in [3.05, 3.63) is 58.1 Å². The highest BCUT2D eigenvalue weighted by Gasteiger charge is 2.33. The minimum atomic E-state index is -4.12. The standard InChI is InChI=1S/C26H36N4O8S/c1-7-18(3)27-26(32)22(8-2)28(16-19-10-9-11-21(14-19)37-4)25(31)17-29(39(6,35)36)23-15-20(30(33)34)12-13-24(23)38-5/h9-15,18,22H,7-8,16-17H2,1-6H3,(H,27,32)/t18-,22+/m0/s1. The summed E-state index contributed by atoms with van der Waals surface area (Å²) in [5.74, 6) is -0.472. The summed E-state index contributed by atoms with van der Waals surface area (Å²) >= 11 is 0.